The van der Waals surface area contributed by atoms with Crippen LogP contribution in [0.1, 0.15) is 0 Å². The Kier molecular flexibility index (Phi) is 2.76. The number of fused-ring (bicyclic) bond motifs is 1. The van der Waals surface area contributed by atoms with Crippen molar-refractivity contribution in [1.29, 1.82) is 0 Å². The van der Waals surface area contributed by atoms with Gasteiger partial charge in [-0.05, 0) is 30.3 Å². The third-order valence-corrected chi connectivity index (χ3v) is 3.16. The molecule has 6 heteroatoms. The van der Waals surface area contributed by atoms with E-state index in [1.165, 1.54) is 0 Å². The molecule has 3 aromatic rings. The van der Waals surface area contributed by atoms with Crippen LogP contribution in [0.2, 0.25) is 5.02 Å². The van der Waals surface area contributed by atoms with Gasteiger partial charge in [-0.2, -0.15) is 0 Å². The second-order valence-electron chi connectivity index (χ2n) is 4.14. The third kappa shape index (κ3) is 2.08. The van der Waals surface area contributed by atoms with E-state index >= 15 is 0 Å². The average molecular weight is 274 g/mol. The summed E-state index contributed by atoms with van der Waals surface area (Å²) in [5, 5.41) is 3.54. The lowest BCUT2D eigenvalue weighted by atomic mass is 10.2. The number of nitrogens with one attached hydrogen (secondary N) is 2. The van der Waals surface area contributed by atoms with Crippen LogP contribution < -0.4 is 11.1 Å². The van der Waals surface area contributed by atoms with Crippen molar-refractivity contribution in [2.24, 2.45) is 0 Å². The van der Waals surface area contributed by atoms with Gasteiger partial charge in [-0.1, -0.05) is 11.6 Å². The maximum atomic E-state index is 6.18. The van der Waals surface area contributed by atoms with Crippen LogP contribution in [-0.2, 0) is 0 Å². The summed E-state index contributed by atoms with van der Waals surface area (Å²) in [6.45, 7) is 0. The number of anilines is 2. The molecule has 0 aliphatic rings. The van der Waals surface area contributed by atoms with Gasteiger partial charge in [-0.25, -0.2) is 9.97 Å². The number of hydrogen-bond acceptors (Lipinski definition) is 4. The second-order valence-corrected chi connectivity index (χ2v) is 4.55. The van der Waals surface area contributed by atoms with Gasteiger partial charge in [0, 0.05) is 18.3 Å². The molecule has 0 radical (unpaired) electrons. The number of benzene rings is 1. The Morgan fingerprint density at radius 2 is 2.05 bits per heavy atom. The molecule has 0 saturated carbocycles. The van der Waals surface area contributed by atoms with Gasteiger partial charge in [0.2, 0.25) is 0 Å². The predicted molar refractivity (Wildman–Crippen MR) is 78.3 cm³/mol. The van der Waals surface area contributed by atoms with Crippen molar-refractivity contribution < 1.29 is 0 Å². The lowest BCUT2D eigenvalue weighted by molar-refractivity contribution is 1.28. The van der Waals surface area contributed by atoms with E-state index in [0.717, 1.165) is 16.9 Å². The number of rotatable bonds is 2. The molecule has 3 rings (SSSR count). The molecule has 0 aliphatic carbocycles. The first-order valence-corrected chi connectivity index (χ1v) is 6.15. The predicted octanol–water partition coefficient (Wildman–Crippen LogP) is 2.90. The number of hydrogen-bond donors (Lipinski definition) is 3. The Labute approximate surface area is 114 Å². The number of halogens is 1. The normalized spacial score (nSPS) is 10.8. The van der Waals surface area contributed by atoms with Crippen molar-refractivity contribution >= 4 is 34.3 Å². The Morgan fingerprint density at radius 3 is 2.79 bits per heavy atom. The highest BCUT2D eigenvalue weighted by atomic mass is 35.5. The van der Waals surface area contributed by atoms with Crippen molar-refractivity contribution in [2.45, 2.75) is 0 Å². The zero-order chi connectivity index (χ0) is 13.4. The van der Waals surface area contributed by atoms with Crippen molar-refractivity contribution in [3.05, 3.63) is 35.4 Å². The van der Waals surface area contributed by atoms with Gasteiger partial charge in [-0.15, -0.1) is 0 Å². The number of nitrogens with zero attached hydrogens (tertiary/aromatic N) is 2. The molecule has 0 spiro atoms. The minimum absolute atomic E-state index is 0.563. The van der Waals surface area contributed by atoms with Crippen LogP contribution in [0.15, 0.2) is 30.3 Å². The van der Waals surface area contributed by atoms with Gasteiger partial charge in [0.25, 0.3) is 0 Å². The number of aromatic amines is 1. The van der Waals surface area contributed by atoms with E-state index < -0.39 is 0 Å². The van der Waals surface area contributed by atoms with Crippen molar-refractivity contribution in [2.75, 3.05) is 18.1 Å². The molecule has 0 amide bonds. The van der Waals surface area contributed by atoms with E-state index in [1.807, 2.05) is 25.2 Å². The maximum absolute atomic E-state index is 6.18. The Balaban J connectivity index is 2.14. The van der Waals surface area contributed by atoms with E-state index in [1.54, 1.807) is 12.1 Å². The summed E-state index contributed by atoms with van der Waals surface area (Å²) in [4.78, 5) is 12.0. The molecule has 2 aromatic heterocycles. The van der Waals surface area contributed by atoms with E-state index in [2.05, 4.69) is 20.3 Å². The van der Waals surface area contributed by atoms with Gasteiger partial charge in [0.15, 0.2) is 5.65 Å². The van der Waals surface area contributed by atoms with Crippen LogP contribution in [0, 0.1) is 0 Å². The second kappa shape index (κ2) is 4.44. The fourth-order valence-corrected chi connectivity index (χ4v) is 2.16. The van der Waals surface area contributed by atoms with Crippen molar-refractivity contribution in [3.63, 3.8) is 0 Å². The zero-order valence-electron chi connectivity index (χ0n) is 10.2. The first kappa shape index (κ1) is 11.8. The van der Waals surface area contributed by atoms with E-state index in [-0.39, 0.29) is 0 Å². The summed E-state index contributed by atoms with van der Waals surface area (Å²) >= 11 is 6.18. The van der Waals surface area contributed by atoms with Gasteiger partial charge in [-0.3, -0.25) is 0 Å². The van der Waals surface area contributed by atoms with Crippen LogP contribution in [0.4, 0.5) is 11.5 Å². The molecule has 19 heavy (non-hydrogen) atoms. The van der Waals surface area contributed by atoms with Gasteiger partial charge >= 0.3 is 0 Å². The van der Waals surface area contributed by atoms with Gasteiger partial charge in [0.1, 0.15) is 11.6 Å². The monoisotopic (exact) mass is 273 g/mol. The smallest absolute Gasteiger partial charge is 0.180 e. The number of nitrogens with two attached hydrogens (primary N) is 1. The average Bonchev–Trinajstić information content (AvgIpc) is 2.80. The van der Waals surface area contributed by atoms with Crippen LogP contribution in [0.25, 0.3) is 22.6 Å². The Morgan fingerprint density at radius 1 is 1.21 bits per heavy atom. The maximum Gasteiger partial charge on any atom is 0.180 e. The third-order valence-electron chi connectivity index (χ3n) is 2.85. The van der Waals surface area contributed by atoms with Gasteiger partial charge in [0.05, 0.1) is 10.5 Å². The Hall–Kier alpha value is -2.27. The molecule has 0 bridgehead atoms. The summed E-state index contributed by atoms with van der Waals surface area (Å²) in [5.41, 5.74) is 8.62. The summed E-state index contributed by atoms with van der Waals surface area (Å²) in [7, 11) is 1.82. The standard InChI is InChI=1S/C13H12ClN5/c1-16-11-5-4-10-13(18-11)19-12(17-10)8-3-2-7(15)6-9(8)14/h2-6H,15H2,1H3,(H2,16,17,18,19). The summed E-state index contributed by atoms with van der Waals surface area (Å²) < 4.78 is 0. The SMILES string of the molecule is CNc1ccc2[nH]c(-c3ccc(N)cc3Cl)nc2n1. The first-order valence-electron chi connectivity index (χ1n) is 5.77. The summed E-state index contributed by atoms with van der Waals surface area (Å²) in [6.07, 6.45) is 0. The van der Waals surface area contributed by atoms with Crippen molar-refractivity contribution in [1.82, 2.24) is 15.0 Å². The van der Waals surface area contributed by atoms with Crippen LogP contribution in [0.5, 0.6) is 0 Å². The number of aromatic nitrogens is 3. The molecule has 0 unspecified atom stereocenters. The molecule has 96 valence electrons. The highest BCUT2D eigenvalue weighted by Crippen LogP contribution is 2.28. The number of imidazole rings is 1. The molecule has 0 aliphatic heterocycles. The first-order chi connectivity index (χ1) is 9.17. The molecular weight excluding hydrogens is 262 g/mol. The fourth-order valence-electron chi connectivity index (χ4n) is 1.88. The zero-order valence-corrected chi connectivity index (χ0v) is 11.0. The fraction of sp³-hybridized carbons (Fsp3) is 0.0769. The van der Waals surface area contributed by atoms with Crippen LogP contribution >= 0.6 is 11.6 Å². The van der Waals surface area contributed by atoms with E-state index in [4.69, 9.17) is 17.3 Å². The minimum Gasteiger partial charge on any atom is -0.399 e. The molecule has 5 nitrogen and oxygen atoms in total. The number of nitrogen functional groups attached to an aromatic ring is 1. The quantitative estimate of drug-likeness (QED) is 0.627. The molecular formula is C13H12ClN5. The number of H-pyrrole nitrogens is 1. The highest BCUT2D eigenvalue weighted by Gasteiger charge is 2.10. The lowest BCUT2D eigenvalue weighted by Crippen LogP contribution is -1.91. The van der Waals surface area contributed by atoms with E-state index in [0.29, 0.717) is 22.2 Å². The molecule has 4 N–H and O–H groups in total. The minimum atomic E-state index is 0.563. The molecule has 0 saturated heterocycles. The lowest BCUT2D eigenvalue weighted by Gasteiger charge is -2.01. The topological polar surface area (TPSA) is 79.6 Å². The highest BCUT2D eigenvalue weighted by molar-refractivity contribution is 6.33. The van der Waals surface area contributed by atoms with Crippen LogP contribution in [-0.4, -0.2) is 22.0 Å². The largest absolute Gasteiger partial charge is 0.399 e. The summed E-state index contributed by atoms with van der Waals surface area (Å²) in [5.74, 6) is 1.45. The summed E-state index contributed by atoms with van der Waals surface area (Å²) in [6, 6.07) is 9.15. The van der Waals surface area contributed by atoms with Crippen LogP contribution in [0.3, 0.4) is 0 Å². The molecule has 0 fully saturated rings. The molecule has 1 aromatic carbocycles. The van der Waals surface area contributed by atoms with Gasteiger partial charge < -0.3 is 16.0 Å². The molecule has 0 atom stereocenters. The molecule has 2 heterocycles. The number of pyridine rings is 1. The van der Waals surface area contributed by atoms with E-state index in [9.17, 15) is 0 Å². The van der Waals surface area contributed by atoms with Crippen molar-refractivity contribution in [3.8, 4) is 11.4 Å². The Bertz CT molecular complexity index is 750.